The standard InChI is InChI=1S/C12H15N3/c1-2-3-9-6-12(9)15-10-4-5-14-11(7-10)8-13/h4-5,7,9,12H,2-3,6H2,1H3,(H,14,15). The molecular formula is C12H15N3. The van der Waals surface area contributed by atoms with E-state index in [4.69, 9.17) is 5.26 Å². The Bertz CT molecular complexity index is 381. The number of hydrogen-bond acceptors (Lipinski definition) is 3. The van der Waals surface area contributed by atoms with Crippen molar-refractivity contribution in [3.05, 3.63) is 24.0 Å². The van der Waals surface area contributed by atoms with E-state index in [0.717, 1.165) is 11.6 Å². The topological polar surface area (TPSA) is 48.7 Å². The smallest absolute Gasteiger partial charge is 0.142 e. The molecule has 0 aromatic carbocycles. The van der Waals surface area contributed by atoms with Gasteiger partial charge in [-0.3, -0.25) is 0 Å². The van der Waals surface area contributed by atoms with Crippen LogP contribution in [-0.2, 0) is 0 Å². The largest absolute Gasteiger partial charge is 0.382 e. The molecule has 1 N–H and O–H groups in total. The molecule has 0 aliphatic heterocycles. The fourth-order valence-corrected chi connectivity index (χ4v) is 1.91. The zero-order valence-electron chi connectivity index (χ0n) is 8.90. The van der Waals surface area contributed by atoms with Crippen LogP contribution in [0.4, 0.5) is 5.69 Å². The van der Waals surface area contributed by atoms with E-state index in [-0.39, 0.29) is 0 Å². The van der Waals surface area contributed by atoms with Crippen LogP contribution < -0.4 is 5.32 Å². The van der Waals surface area contributed by atoms with Crippen molar-refractivity contribution in [1.82, 2.24) is 4.98 Å². The summed E-state index contributed by atoms with van der Waals surface area (Å²) in [6.45, 7) is 2.22. The zero-order valence-corrected chi connectivity index (χ0v) is 8.90. The predicted octanol–water partition coefficient (Wildman–Crippen LogP) is 2.55. The molecule has 2 atom stereocenters. The third-order valence-electron chi connectivity index (χ3n) is 2.81. The lowest BCUT2D eigenvalue weighted by atomic mass is 10.2. The van der Waals surface area contributed by atoms with E-state index in [1.807, 2.05) is 12.1 Å². The van der Waals surface area contributed by atoms with E-state index < -0.39 is 0 Å². The van der Waals surface area contributed by atoms with Crippen molar-refractivity contribution in [3.8, 4) is 6.07 Å². The number of nitrogens with zero attached hydrogens (tertiary/aromatic N) is 2. The molecule has 0 saturated heterocycles. The molecule has 1 aromatic heterocycles. The molecule has 1 aliphatic rings. The van der Waals surface area contributed by atoms with Crippen molar-refractivity contribution in [2.45, 2.75) is 32.2 Å². The maximum absolute atomic E-state index is 8.71. The van der Waals surface area contributed by atoms with Gasteiger partial charge in [0.25, 0.3) is 0 Å². The van der Waals surface area contributed by atoms with E-state index in [0.29, 0.717) is 11.7 Å². The lowest BCUT2D eigenvalue weighted by Gasteiger charge is -2.04. The van der Waals surface area contributed by atoms with Crippen molar-refractivity contribution in [2.24, 2.45) is 5.92 Å². The summed E-state index contributed by atoms with van der Waals surface area (Å²) in [7, 11) is 0. The molecule has 2 rings (SSSR count). The average Bonchev–Trinajstić information content (AvgIpc) is 2.97. The normalized spacial score (nSPS) is 23.2. The van der Waals surface area contributed by atoms with E-state index in [1.165, 1.54) is 19.3 Å². The van der Waals surface area contributed by atoms with Crippen LogP contribution in [0.15, 0.2) is 18.3 Å². The zero-order chi connectivity index (χ0) is 10.7. The highest BCUT2D eigenvalue weighted by atomic mass is 15.0. The summed E-state index contributed by atoms with van der Waals surface area (Å²) in [5, 5.41) is 12.1. The Morgan fingerprint density at radius 1 is 1.67 bits per heavy atom. The summed E-state index contributed by atoms with van der Waals surface area (Å²) in [5.74, 6) is 0.828. The quantitative estimate of drug-likeness (QED) is 0.814. The summed E-state index contributed by atoms with van der Waals surface area (Å²) in [6.07, 6.45) is 5.49. The minimum Gasteiger partial charge on any atom is -0.382 e. The molecule has 1 saturated carbocycles. The Balaban J connectivity index is 1.92. The number of pyridine rings is 1. The van der Waals surface area contributed by atoms with Crippen LogP contribution in [0, 0.1) is 17.2 Å². The molecule has 3 heteroatoms. The van der Waals surface area contributed by atoms with Gasteiger partial charge < -0.3 is 5.32 Å². The van der Waals surface area contributed by atoms with E-state index in [2.05, 4.69) is 17.2 Å². The van der Waals surface area contributed by atoms with Crippen LogP contribution in [0.2, 0.25) is 0 Å². The molecule has 0 bridgehead atoms. The number of nitriles is 1. The van der Waals surface area contributed by atoms with E-state index >= 15 is 0 Å². The van der Waals surface area contributed by atoms with Gasteiger partial charge in [0.15, 0.2) is 0 Å². The third-order valence-corrected chi connectivity index (χ3v) is 2.81. The molecular weight excluding hydrogens is 186 g/mol. The maximum atomic E-state index is 8.71. The average molecular weight is 201 g/mol. The van der Waals surface area contributed by atoms with Crippen LogP contribution in [0.25, 0.3) is 0 Å². The van der Waals surface area contributed by atoms with Crippen molar-refractivity contribution in [2.75, 3.05) is 5.32 Å². The van der Waals surface area contributed by atoms with Crippen molar-refractivity contribution in [3.63, 3.8) is 0 Å². The molecule has 2 unspecified atom stereocenters. The van der Waals surface area contributed by atoms with Crippen LogP contribution in [-0.4, -0.2) is 11.0 Å². The number of hydrogen-bond donors (Lipinski definition) is 1. The fourth-order valence-electron chi connectivity index (χ4n) is 1.91. The van der Waals surface area contributed by atoms with Gasteiger partial charge in [-0.2, -0.15) is 5.26 Å². The second-order valence-electron chi connectivity index (χ2n) is 4.08. The minimum absolute atomic E-state index is 0.479. The fraction of sp³-hybridized carbons (Fsp3) is 0.500. The third kappa shape index (κ3) is 2.47. The SMILES string of the molecule is CCCC1CC1Nc1ccnc(C#N)c1. The lowest BCUT2D eigenvalue weighted by molar-refractivity contribution is 0.693. The Hall–Kier alpha value is -1.56. The van der Waals surface area contributed by atoms with Gasteiger partial charge in [-0.1, -0.05) is 13.3 Å². The highest BCUT2D eigenvalue weighted by Gasteiger charge is 2.35. The van der Waals surface area contributed by atoms with E-state index in [9.17, 15) is 0 Å². The number of rotatable bonds is 4. The van der Waals surface area contributed by atoms with Crippen LogP contribution >= 0.6 is 0 Å². The monoisotopic (exact) mass is 201 g/mol. The first-order valence-corrected chi connectivity index (χ1v) is 5.46. The highest BCUT2D eigenvalue weighted by molar-refractivity contribution is 5.47. The summed E-state index contributed by atoms with van der Waals surface area (Å²) in [6, 6.07) is 6.38. The van der Waals surface area contributed by atoms with Gasteiger partial charge in [-0.05, 0) is 30.9 Å². The first-order chi connectivity index (χ1) is 7.33. The molecule has 1 aliphatic carbocycles. The molecule has 0 radical (unpaired) electrons. The van der Waals surface area contributed by atoms with Crippen molar-refractivity contribution in [1.29, 1.82) is 5.26 Å². The second-order valence-corrected chi connectivity index (χ2v) is 4.08. The first kappa shape index (κ1) is 9.97. The van der Waals surface area contributed by atoms with Crippen LogP contribution in [0.1, 0.15) is 31.9 Å². The second kappa shape index (κ2) is 4.31. The van der Waals surface area contributed by atoms with Gasteiger partial charge in [-0.25, -0.2) is 4.98 Å². The van der Waals surface area contributed by atoms with Crippen molar-refractivity contribution < 1.29 is 0 Å². The Morgan fingerprint density at radius 2 is 2.53 bits per heavy atom. The number of nitrogens with one attached hydrogen (secondary N) is 1. The Morgan fingerprint density at radius 3 is 3.27 bits per heavy atom. The number of anilines is 1. The van der Waals surface area contributed by atoms with Crippen LogP contribution in [0.3, 0.4) is 0 Å². The summed E-state index contributed by atoms with van der Waals surface area (Å²) < 4.78 is 0. The number of aromatic nitrogens is 1. The van der Waals surface area contributed by atoms with Gasteiger partial charge in [0.1, 0.15) is 11.8 Å². The van der Waals surface area contributed by atoms with Gasteiger partial charge in [0.05, 0.1) is 0 Å². The highest BCUT2D eigenvalue weighted by Crippen LogP contribution is 2.37. The van der Waals surface area contributed by atoms with Crippen LogP contribution in [0.5, 0.6) is 0 Å². The maximum Gasteiger partial charge on any atom is 0.142 e. The molecule has 78 valence electrons. The molecule has 1 aromatic rings. The van der Waals surface area contributed by atoms with E-state index in [1.54, 1.807) is 12.3 Å². The van der Waals surface area contributed by atoms with Gasteiger partial charge in [0.2, 0.25) is 0 Å². The predicted molar refractivity (Wildman–Crippen MR) is 59.4 cm³/mol. The Labute approximate surface area is 90.1 Å². The molecule has 1 heterocycles. The van der Waals surface area contributed by atoms with Gasteiger partial charge in [0, 0.05) is 17.9 Å². The summed E-state index contributed by atoms with van der Waals surface area (Å²) >= 11 is 0. The summed E-state index contributed by atoms with van der Waals surface area (Å²) in [5.41, 5.74) is 1.50. The minimum atomic E-state index is 0.479. The van der Waals surface area contributed by atoms with Crippen molar-refractivity contribution >= 4 is 5.69 Å². The molecule has 3 nitrogen and oxygen atoms in total. The molecule has 0 amide bonds. The molecule has 0 spiro atoms. The Kier molecular flexibility index (Phi) is 2.86. The van der Waals surface area contributed by atoms with Gasteiger partial charge >= 0.3 is 0 Å². The molecule has 1 fully saturated rings. The first-order valence-electron chi connectivity index (χ1n) is 5.46. The van der Waals surface area contributed by atoms with Gasteiger partial charge in [-0.15, -0.1) is 0 Å². The molecule has 15 heavy (non-hydrogen) atoms. The summed E-state index contributed by atoms with van der Waals surface area (Å²) in [4.78, 5) is 3.94. The lowest BCUT2D eigenvalue weighted by Crippen LogP contribution is -2.04.